The number of aromatic nitrogens is 1. The largest absolute Gasteiger partial charge is 0.388 e. The lowest BCUT2D eigenvalue weighted by atomic mass is 10.0. The Morgan fingerprint density at radius 2 is 2.24 bits per heavy atom. The van der Waals surface area contributed by atoms with Crippen LogP contribution < -0.4 is 11.1 Å². The highest BCUT2D eigenvalue weighted by Crippen LogP contribution is 2.15. The van der Waals surface area contributed by atoms with Gasteiger partial charge in [-0.15, -0.1) is 0 Å². The zero-order valence-corrected chi connectivity index (χ0v) is 10.5. The molecule has 0 spiro atoms. The quantitative estimate of drug-likeness (QED) is 0.795. The summed E-state index contributed by atoms with van der Waals surface area (Å²) in [6.07, 6.45) is 2.23. The van der Waals surface area contributed by atoms with Crippen molar-refractivity contribution in [3.8, 4) is 0 Å². The number of hydrogen-bond acceptors (Lipinski definition) is 4. The first kappa shape index (κ1) is 12.3. The third-order valence-electron chi connectivity index (χ3n) is 2.91. The standard InChI is InChI=1S/C12H17N3OS/c13-12(17)10-2-1-3-11(15-10)14-8-9-4-6-16-7-5-9/h1-3,9H,4-8H2,(H2,13,17)(H,14,15). The van der Waals surface area contributed by atoms with Crippen LogP contribution in [-0.4, -0.2) is 29.7 Å². The predicted molar refractivity (Wildman–Crippen MR) is 72.2 cm³/mol. The number of anilines is 1. The van der Waals surface area contributed by atoms with E-state index < -0.39 is 0 Å². The fourth-order valence-electron chi connectivity index (χ4n) is 1.87. The van der Waals surface area contributed by atoms with Gasteiger partial charge in [0, 0.05) is 19.8 Å². The van der Waals surface area contributed by atoms with Crippen molar-refractivity contribution >= 4 is 23.0 Å². The molecule has 1 saturated heterocycles. The zero-order chi connectivity index (χ0) is 12.1. The molecule has 0 unspecified atom stereocenters. The molecule has 2 rings (SSSR count). The van der Waals surface area contributed by atoms with E-state index in [1.165, 1.54) is 0 Å². The van der Waals surface area contributed by atoms with Gasteiger partial charge in [-0.1, -0.05) is 18.3 Å². The third-order valence-corrected chi connectivity index (χ3v) is 3.12. The molecule has 1 aliphatic rings. The fourth-order valence-corrected chi connectivity index (χ4v) is 1.98. The minimum absolute atomic E-state index is 0.333. The Balaban J connectivity index is 1.89. The predicted octanol–water partition coefficient (Wildman–Crippen LogP) is 1.55. The summed E-state index contributed by atoms with van der Waals surface area (Å²) in [5.74, 6) is 1.50. The first-order valence-corrected chi connectivity index (χ1v) is 6.25. The van der Waals surface area contributed by atoms with E-state index >= 15 is 0 Å². The van der Waals surface area contributed by atoms with E-state index in [9.17, 15) is 0 Å². The first-order valence-electron chi connectivity index (χ1n) is 5.84. The number of pyridine rings is 1. The minimum atomic E-state index is 0.333. The van der Waals surface area contributed by atoms with E-state index in [1.54, 1.807) is 0 Å². The monoisotopic (exact) mass is 251 g/mol. The molecular formula is C12H17N3OS. The number of hydrogen-bond donors (Lipinski definition) is 2. The summed E-state index contributed by atoms with van der Waals surface area (Å²) in [5.41, 5.74) is 6.21. The van der Waals surface area contributed by atoms with Crippen molar-refractivity contribution in [3.63, 3.8) is 0 Å². The molecule has 3 N–H and O–H groups in total. The molecule has 92 valence electrons. The molecule has 0 atom stereocenters. The van der Waals surface area contributed by atoms with Crippen LogP contribution in [0.1, 0.15) is 18.5 Å². The second-order valence-corrected chi connectivity index (χ2v) is 4.65. The molecule has 0 aliphatic carbocycles. The second-order valence-electron chi connectivity index (χ2n) is 4.21. The maximum Gasteiger partial charge on any atom is 0.126 e. The van der Waals surface area contributed by atoms with Gasteiger partial charge in [0.25, 0.3) is 0 Å². The number of thiocarbonyl (C=S) groups is 1. The summed E-state index contributed by atoms with van der Waals surface area (Å²) in [6, 6.07) is 5.66. The van der Waals surface area contributed by atoms with E-state index in [0.717, 1.165) is 38.4 Å². The molecule has 1 aromatic heterocycles. The summed E-state index contributed by atoms with van der Waals surface area (Å²) in [6.45, 7) is 2.66. The minimum Gasteiger partial charge on any atom is -0.388 e. The maximum absolute atomic E-state index is 5.55. The highest BCUT2D eigenvalue weighted by molar-refractivity contribution is 7.80. The van der Waals surface area contributed by atoms with Gasteiger partial charge >= 0.3 is 0 Å². The molecule has 0 saturated carbocycles. The SMILES string of the molecule is NC(=S)c1cccc(NCC2CCOCC2)n1. The van der Waals surface area contributed by atoms with Gasteiger partial charge in [-0.2, -0.15) is 0 Å². The van der Waals surface area contributed by atoms with Crippen molar-refractivity contribution < 1.29 is 4.74 Å². The molecule has 1 fully saturated rings. The molecular weight excluding hydrogens is 234 g/mol. The summed E-state index contributed by atoms with van der Waals surface area (Å²) >= 11 is 4.90. The normalized spacial score (nSPS) is 16.7. The Hall–Kier alpha value is -1.20. The van der Waals surface area contributed by atoms with Crippen LogP contribution in [0.25, 0.3) is 0 Å². The Bertz CT molecular complexity index is 391. The van der Waals surface area contributed by atoms with Crippen molar-refractivity contribution in [3.05, 3.63) is 23.9 Å². The number of nitrogens with one attached hydrogen (secondary N) is 1. The molecule has 0 aromatic carbocycles. The van der Waals surface area contributed by atoms with E-state index in [0.29, 0.717) is 16.6 Å². The van der Waals surface area contributed by atoms with Crippen molar-refractivity contribution in [2.75, 3.05) is 25.1 Å². The van der Waals surface area contributed by atoms with E-state index in [-0.39, 0.29) is 0 Å². The smallest absolute Gasteiger partial charge is 0.126 e. The van der Waals surface area contributed by atoms with Crippen molar-refractivity contribution in [1.29, 1.82) is 0 Å². The first-order chi connectivity index (χ1) is 8.25. The van der Waals surface area contributed by atoms with Crippen LogP contribution in [0.15, 0.2) is 18.2 Å². The van der Waals surface area contributed by atoms with Gasteiger partial charge in [-0.25, -0.2) is 4.98 Å². The molecule has 1 aromatic rings. The maximum atomic E-state index is 5.55. The molecule has 0 amide bonds. The Morgan fingerprint density at radius 1 is 1.47 bits per heavy atom. The summed E-state index contributed by atoms with van der Waals surface area (Å²) < 4.78 is 5.33. The van der Waals surface area contributed by atoms with Crippen LogP contribution in [-0.2, 0) is 4.74 Å². The lowest BCUT2D eigenvalue weighted by molar-refractivity contribution is 0.0699. The third kappa shape index (κ3) is 3.64. The summed E-state index contributed by atoms with van der Waals surface area (Å²) in [4.78, 5) is 4.68. The molecule has 0 radical (unpaired) electrons. The molecule has 5 heteroatoms. The van der Waals surface area contributed by atoms with Crippen molar-refractivity contribution in [1.82, 2.24) is 4.98 Å². The van der Waals surface area contributed by atoms with Crippen LogP contribution in [0.2, 0.25) is 0 Å². The molecule has 0 bridgehead atoms. The second kappa shape index (κ2) is 5.93. The Kier molecular flexibility index (Phi) is 4.28. The number of ether oxygens (including phenoxy) is 1. The van der Waals surface area contributed by atoms with Gasteiger partial charge in [0.1, 0.15) is 10.8 Å². The summed E-state index contributed by atoms with van der Waals surface area (Å²) in [7, 11) is 0. The fraction of sp³-hybridized carbons (Fsp3) is 0.500. The average Bonchev–Trinajstić information content (AvgIpc) is 2.38. The van der Waals surface area contributed by atoms with Crippen LogP contribution in [0, 0.1) is 5.92 Å². The van der Waals surface area contributed by atoms with Gasteiger partial charge in [0.2, 0.25) is 0 Å². The van der Waals surface area contributed by atoms with Gasteiger partial charge < -0.3 is 15.8 Å². The van der Waals surface area contributed by atoms with Crippen LogP contribution in [0.5, 0.6) is 0 Å². The van der Waals surface area contributed by atoms with E-state index in [4.69, 9.17) is 22.7 Å². The summed E-state index contributed by atoms with van der Waals surface area (Å²) in [5, 5.41) is 3.33. The number of nitrogens with zero attached hydrogens (tertiary/aromatic N) is 1. The highest BCUT2D eigenvalue weighted by atomic mass is 32.1. The van der Waals surface area contributed by atoms with Gasteiger partial charge in [0.05, 0.1) is 5.69 Å². The van der Waals surface area contributed by atoms with Crippen molar-refractivity contribution in [2.24, 2.45) is 11.7 Å². The topological polar surface area (TPSA) is 60.2 Å². The van der Waals surface area contributed by atoms with Crippen LogP contribution in [0.3, 0.4) is 0 Å². The molecule has 2 heterocycles. The van der Waals surface area contributed by atoms with Crippen molar-refractivity contribution in [2.45, 2.75) is 12.8 Å². The Labute approximate surface area is 107 Å². The van der Waals surface area contributed by atoms with E-state index in [2.05, 4.69) is 10.3 Å². The highest BCUT2D eigenvalue weighted by Gasteiger charge is 2.13. The van der Waals surface area contributed by atoms with Crippen LogP contribution >= 0.6 is 12.2 Å². The van der Waals surface area contributed by atoms with Gasteiger partial charge in [-0.05, 0) is 30.9 Å². The number of nitrogens with two attached hydrogens (primary N) is 1. The lowest BCUT2D eigenvalue weighted by Crippen LogP contribution is -2.23. The van der Waals surface area contributed by atoms with Crippen LogP contribution in [0.4, 0.5) is 5.82 Å². The number of rotatable bonds is 4. The molecule has 4 nitrogen and oxygen atoms in total. The molecule has 17 heavy (non-hydrogen) atoms. The van der Waals surface area contributed by atoms with Gasteiger partial charge in [-0.3, -0.25) is 0 Å². The lowest BCUT2D eigenvalue weighted by Gasteiger charge is -2.22. The zero-order valence-electron chi connectivity index (χ0n) is 9.69. The average molecular weight is 251 g/mol. The van der Waals surface area contributed by atoms with Gasteiger partial charge in [0.15, 0.2) is 0 Å². The molecule has 1 aliphatic heterocycles. The van der Waals surface area contributed by atoms with E-state index in [1.807, 2.05) is 18.2 Å². The Morgan fingerprint density at radius 3 is 2.94 bits per heavy atom.